The van der Waals surface area contributed by atoms with Crippen molar-refractivity contribution in [2.75, 3.05) is 18.0 Å². The van der Waals surface area contributed by atoms with Crippen LogP contribution in [0.3, 0.4) is 0 Å². The molecule has 0 aliphatic carbocycles. The van der Waals surface area contributed by atoms with Gasteiger partial charge in [-0.2, -0.15) is 0 Å². The third-order valence-corrected chi connectivity index (χ3v) is 6.79. The standard InChI is InChI=1S/C26H24N6O2/c1-30-16-20(19-5-2-3-6-21(19)30)24(33)17-8-12-27-23(15-17)31-13-9-18(10-14-31)32-22-7-4-11-28-25(22)29-26(32)34/h2-8,11-12,15-16,18H,9-10,13-14H2,1H3,(H,28,29,34). The summed E-state index contributed by atoms with van der Waals surface area (Å²) in [5.41, 5.74) is 3.70. The molecule has 8 heteroatoms. The monoisotopic (exact) mass is 452 g/mol. The number of nitrogens with one attached hydrogen (secondary N) is 1. The van der Waals surface area contributed by atoms with Gasteiger partial charge in [-0.3, -0.25) is 14.3 Å². The fraction of sp³-hybridized carbons (Fsp3) is 0.231. The zero-order valence-electron chi connectivity index (χ0n) is 18.8. The summed E-state index contributed by atoms with van der Waals surface area (Å²) in [4.78, 5) is 39.8. The van der Waals surface area contributed by atoms with E-state index in [1.165, 1.54) is 0 Å². The molecular weight excluding hydrogens is 428 g/mol. The summed E-state index contributed by atoms with van der Waals surface area (Å²) in [6.07, 6.45) is 6.90. The molecule has 4 aromatic heterocycles. The fourth-order valence-corrected chi connectivity index (χ4v) is 5.08. The van der Waals surface area contributed by atoms with Crippen LogP contribution in [0.5, 0.6) is 0 Å². The van der Waals surface area contributed by atoms with Crippen LogP contribution < -0.4 is 10.6 Å². The molecular formula is C26H24N6O2. The summed E-state index contributed by atoms with van der Waals surface area (Å²) in [5.74, 6) is 0.783. The number of carbonyl (C=O) groups excluding carboxylic acids is 1. The van der Waals surface area contributed by atoms with Crippen molar-refractivity contribution in [3.05, 3.63) is 88.7 Å². The Hall–Kier alpha value is -4.20. The van der Waals surface area contributed by atoms with Crippen LogP contribution in [-0.2, 0) is 7.05 Å². The summed E-state index contributed by atoms with van der Waals surface area (Å²) >= 11 is 0. The van der Waals surface area contributed by atoms with E-state index < -0.39 is 0 Å². The van der Waals surface area contributed by atoms with Gasteiger partial charge in [-0.1, -0.05) is 18.2 Å². The molecule has 5 heterocycles. The quantitative estimate of drug-likeness (QED) is 0.420. The number of hydrogen-bond donors (Lipinski definition) is 1. The second-order valence-electron chi connectivity index (χ2n) is 8.79. The molecule has 1 fully saturated rings. The van der Waals surface area contributed by atoms with Crippen molar-refractivity contribution in [3.63, 3.8) is 0 Å². The third kappa shape index (κ3) is 3.30. The molecule has 1 aliphatic heterocycles. The smallest absolute Gasteiger partial charge is 0.327 e. The summed E-state index contributed by atoms with van der Waals surface area (Å²) in [7, 11) is 1.95. The van der Waals surface area contributed by atoms with Crippen LogP contribution in [-0.4, -0.2) is 43.0 Å². The molecule has 0 radical (unpaired) electrons. The van der Waals surface area contributed by atoms with Gasteiger partial charge in [-0.25, -0.2) is 14.8 Å². The van der Waals surface area contributed by atoms with Crippen LogP contribution in [0.2, 0.25) is 0 Å². The second kappa shape index (κ2) is 7.98. The van der Waals surface area contributed by atoms with Crippen LogP contribution in [0.4, 0.5) is 5.82 Å². The Balaban J connectivity index is 1.24. The number of para-hydroxylation sites is 1. The van der Waals surface area contributed by atoms with Gasteiger partial charge in [0.05, 0.1) is 5.52 Å². The minimum Gasteiger partial charge on any atom is -0.356 e. The number of hydrogen-bond acceptors (Lipinski definition) is 5. The van der Waals surface area contributed by atoms with Gasteiger partial charge >= 0.3 is 5.69 Å². The number of aromatic amines is 1. The van der Waals surface area contributed by atoms with Gasteiger partial charge in [0.1, 0.15) is 5.82 Å². The first-order valence-electron chi connectivity index (χ1n) is 11.4. The van der Waals surface area contributed by atoms with Gasteiger partial charge < -0.3 is 9.47 Å². The van der Waals surface area contributed by atoms with Gasteiger partial charge in [0.15, 0.2) is 11.4 Å². The summed E-state index contributed by atoms with van der Waals surface area (Å²) in [6.45, 7) is 1.51. The zero-order valence-corrected chi connectivity index (χ0v) is 18.8. The maximum atomic E-state index is 13.4. The number of rotatable bonds is 4. The van der Waals surface area contributed by atoms with E-state index >= 15 is 0 Å². The van der Waals surface area contributed by atoms with E-state index in [0.29, 0.717) is 16.8 Å². The van der Waals surface area contributed by atoms with Crippen molar-refractivity contribution in [1.82, 2.24) is 24.1 Å². The number of benzene rings is 1. The lowest BCUT2D eigenvalue weighted by Gasteiger charge is -2.33. The average molecular weight is 453 g/mol. The van der Waals surface area contributed by atoms with Crippen molar-refractivity contribution in [2.45, 2.75) is 18.9 Å². The van der Waals surface area contributed by atoms with E-state index in [4.69, 9.17) is 0 Å². The van der Waals surface area contributed by atoms with Crippen LogP contribution in [0.1, 0.15) is 34.8 Å². The zero-order chi connectivity index (χ0) is 23.2. The molecule has 170 valence electrons. The van der Waals surface area contributed by atoms with Gasteiger partial charge in [0.2, 0.25) is 0 Å². The number of nitrogens with zero attached hydrogens (tertiary/aromatic N) is 5. The Morgan fingerprint density at radius 1 is 1.00 bits per heavy atom. The van der Waals surface area contributed by atoms with Crippen LogP contribution in [0.15, 0.2) is 71.9 Å². The van der Waals surface area contributed by atoms with Crippen molar-refractivity contribution < 1.29 is 4.79 Å². The highest BCUT2D eigenvalue weighted by atomic mass is 16.1. The highest BCUT2D eigenvalue weighted by molar-refractivity contribution is 6.16. The van der Waals surface area contributed by atoms with Crippen molar-refractivity contribution in [3.8, 4) is 0 Å². The molecule has 8 nitrogen and oxygen atoms in total. The molecule has 0 spiro atoms. The number of fused-ring (bicyclic) bond motifs is 2. The highest BCUT2D eigenvalue weighted by Gasteiger charge is 2.25. The van der Waals surface area contributed by atoms with Crippen LogP contribution >= 0.6 is 0 Å². The molecule has 0 unspecified atom stereocenters. The molecule has 1 aromatic carbocycles. The Kier molecular flexibility index (Phi) is 4.79. The number of pyridine rings is 2. The van der Waals surface area contributed by atoms with E-state index in [1.54, 1.807) is 18.5 Å². The Morgan fingerprint density at radius 2 is 1.79 bits per heavy atom. The molecule has 34 heavy (non-hydrogen) atoms. The van der Waals surface area contributed by atoms with Crippen molar-refractivity contribution in [2.24, 2.45) is 7.05 Å². The molecule has 1 saturated heterocycles. The largest absolute Gasteiger partial charge is 0.356 e. The molecule has 6 rings (SSSR count). The molecule has 0 bridgehead atoms. The number of piperidine rings is 1. The van der Waals surface area contributed by atoms with Gasteiger partial charge in [-0.15, -0.1) is 0 Å². The Bertz CT molecular complexity index is 1590. The molecule has 0 atom stereocenters. The Labute approximate surface area is 195 Å². The first kappa shape index (κ1) is 20.4. The van der Waals surface area contributed by atoms with Crippen LogP contribution in [0, 0.1) is 0 Å². The Morgan fingerprint density at radius 3 is 2.65 bits per heavy atom. The highest BCUT2D eigenvalue weighted by Crippen LogP contribution is 2.28. The van der Waals surface area contributed by atoms with E-state index in [-0.39, 0.29) is 17.5 Å². The van der Waals surface area contributed by atoms with Gasteiger partial charge in [-0.05, 0) is 43.2 Å². The van der Waals surface area contributed by atoms with E-state index in [1.807, 2.05) is 64.8 Å². The number of aryl methyl sites for hydroxylation is 1. The lowest BCUT2D eigenvalue weighted by Crippen LogP contribution is -2.37. The maximum Gasteiger partial charge on any atom is 0.327 e. The number of carbonyl (C=O) groups is 1. The number of imidazole rings is 1. The van der Waals surface area contributed by atoms with Gasteiger partial charge in [0.25, 0.3) is 0 Å². The number of aromatic nitrogens is 5. The predicted octanol–water partition coefficient (Wildman–Crippen LogP) is 3.68. The molecule has 0 amide bonds. The molecule has 1 N–H and O–H groups in total. The third-order valence-electron chi connectivity index (χ3n) is 6.79. The van der Waals surface area contributed by atoms with Crippen LogP contribution in [0.25, 0.3) is 22.1 Å². The number of anilines is 1. The predicted molar refractivity (Wildman–Crippen MR) is 131 cm³/mol. The minimum atomic E-state index is -0.118. The van der Waals surface area contributed by atoms with Gasteiger partial charge in [0, 0.05) is 66.8 Å². The van der Waals surface area contributed by atoms with Crippen molar-refractivity contribution in [1.29, 1.82) is 0 Å². The topological polar surface area (TPSA) is 88.8 Å². The molecule has 5 aromatic rings. The van der Waals surface area contributed by atoms with Crippen molar-refractivity contribution >= 4 is 33.7 Å². The molecule has 0 saturated carbocycles. The second-order valence-corrected chi connectivity index (χ2v) is 8.79. The molecule has 1 aliphatic rings. The van der Waals surface area contributed by atoms with E-state index in [2.05, 4.69) is 19.9 Å². The lowest BCUT2D eigenvalue weighted by atomic mass is 10.0. The SMILES string of the molecule is Cn1cc(C(=O)c2ccnc(N3CCC(n4c(=O)[nH]c5ncccc54)CC3)c2)c2ccccc21. The lowest BCUT2D eigenvalue weighted by molar-refractivity contribution is 0.104. The summed E-state index contributed by atoms with van der Waals surface area (Å²) in [6, 6.07) is 15.5. The fourth-order valence-electron chi connectivity index (χ4n) is 5.08. The van der Waals surface area contributed by atoms with E-state index in [0.717, 1.165) is 48.2 Å². The first-order valence-corrected chi connectivity index (χ1v) is 11.4. The summed E-state index contributed by atoms with van der Waals surface area (Å²) in [5, 5.41) is 0.952. The summed E-state index contributed by atoms with van der Waals surface area (Å²) < 4.78 is 3.81. The minimum absolute atomic E-state index is 0.00631. The average Bonchev–Trinajstić information content (AvgIpc) is 3.40. The number of ketones is 1. The normalized spacial score (nSPS) is 14.8. The first-order chi connectivity index (χ1) is 16.6. The maximum absolute atomic E-state index is 13.4. The van der Waals surface area contributed by atoms with E-state index in [9.17, 15) is 9.59 Å². The number of H-pyrrole nitrogens is 1.